The summed E-state index contributed by atoms with van der Waals surface area (Å²) in [6.07, 6.45) is 7.09. The monoisotopic (exact) mass is 202 g/mol. The smallest absolute Gasteiger partial charge is 0.0496 e. The second kappa shape index (κ2) is 5.13. The Morgan fingerprint density at radius 1 is 1.20 bits per heavy atom. The molecule has 15 heavy (non-hydrogen) atoms. The van der Waals surface area contributed by atoms with Crippen LogP contribution in [0, 0.1) is 5.92 Å². The first-order valence-electron chi connectivity index (χ1n) is 5.76. The molecule has 1 fully saturated rings. The Balaban J connectivity index is 2.17. The van der Waals surface area contributed by atoms with Gasteiger partial charge in [-0.15, -0.1) is 0 Å². The summed E-state index contributed by atoms with van der Waals surface area (Å²) in [5.41, 5.74) is 2.68. The van der Waals surface area contributed by atoms with Crippen molar-refractivity contribution in [2.24, 2.45) is 5.92 Å². The predicted octanol–water partition coefficient (Wildman–Crippen LogP) is 3.25. The van der Waals surface area contributed by atoms with Crippen LogP contribution in [-0.4, -0.2) is 11.7 Å². The summed E-state index contributed by atoms with van der Waals surface area (Å²) in [4.78, 5) is 0. The van der Waals surface area contributed by atoms with Crippen LogP contribution in [0.5, 0.6) is 0 Å². The average molecular weight is 202 g/mol. The summed E-state index contributed by atoms with van der Waals surface area (Å²) in [5.74, 6) is 0.402. The molecule has 80 valence electrons. The molecule has 0 saturated heterocycles. The van der Waals surface area contributed by atoms with Gasteiger partial charge in [0.05, 0.1) is 0 Å². The molecule has 1 atom stereocenters. The quantitative estimate of drug-likeness (QED) is 0.780. The van der Waals surface area contributed by atoms with E-state index in [2.05, 4.69) is 30.3 Å². The zero-order chi connectivity index (χ0) is 10.5. The maximum absolute atomic E-state index is 9.30. The average Bonchev–Trinajstić information content (AvgIpc) is 2.31. The van der Waals surface area contributed by atoms with E-state index in [0.717, 1.165) is 12.8 Å². The molecule has 0 spiro atoms. The molecule has 1 aromatic carbocycles. The standard InChI is InChI=1S/C14H18O/c15-11-14-9-5-4-8-13(14)10-12-6-2-1-3-7-12/h1-3,6-7,10,14-15H,4-5,8-9,11H2/b13-10+. The fourth-order valence-electron chi connectivity index (χ4n) is 2.27. The van der Waals surface area contributed by atoms with Crippen LogP contribution < -0.4 is 0 Å². The molecule has 0 aromatic heterocycles. The van der Waals surface area contributed by atoms with Crippen LogP contribution in [0.2, 0.25) is 0 Å². The van der Waals surface area contributed by atoms with Crippen LogP contribution in [0.15, 0.2) is 35.9 Å². The molecular formula is C14H18O. The summed E-state index contributed by atoms with van der Waals surface area (Å²) >= 11 is 0. The van der Waals surface area contributed by atoms with Crippen LogP contribution in [0.1, 0.15) is 31.2 Å². The van der Waals surface area contributed by atoms with Crippen LogP contribution >= 0.6 is 0 Å². The van der Waals surface area contributed by atoms with Crippen molar-refractivity contribution < 1.29 is 5.11 Å². The number of aliphatic hydroxyl groups excluding tert-OH is 1. The molecule has 1 aliphatic carbocycles. The van der Waals surface area contributed by atoms with Gasteiger partial charge in [0.1, 0.15) is 0 Å². The van der Waals surface area contributed by atoms with Crippen LogP contribution in [0.4, 0.5) is 0 Å². The van der Waals surface area contributed by atoms with E-state index in [4.69, 9.17) is 0 Å². The molecule has 1 saturated carbocycles. The third kappa shape index (κ3) is 2.69. The summed E-state index contributed by atoms with van der Waals surface area (Å²) in [6, 6.07) is 10.4. The Hall–Kier alpha value is -1.08. The topological polar surface area (TPSA) is 20.2 Å². The zero-order valence-electron chi connectivity index (χ0n) is 9.02. The van der Waals surface area contributed by atoms with Crippen LogP contribution in [-0.2, 0) is 0 Å². The lowest BCUT2D eigenvalue weighted by Gasteiger charge is -2.23. The van der Waals surface area contributed by atoms with E-state index >= 15 is 0 Å². The molecule has 1 nitrogen and oxygen atoms in total. The molecule has 2 rings (SSSR count). The summed E-state index contributed by atoms with van der Waals surface area (Å²) < 4.78 is 0. The lowest BCUT2D eigenvalue weighted by atomic mass is 9.84. The van der Waals surface area contributed by atoms with Gasteiger partial charge < -0.3 is 5.11 Å². The van der Waals surface area contributed by atoms with Gasteiger partial charge in [0.15, 0.2) is 0 Å². The van der Waals surface area contributed by atoms with Crippen molar-refractivity contribution in [3.05, 3.63) is 41.5 Å². The lowest BCUT2D eigenvalue weighted by Crippen LogP contribution is -2.13. The van der Waals surface area contributed by atoms with E-state index in [-0.39, 0.29) is 0 Å². The molecule has 0 aliphatic heterocycles. The predicted molar refractivity (Wildman–Crippen MR) is 63.5 cm³/mol. The van der Waals surface area contributed by atoms with E-state index in [0.29, 0.717) is 12.5 Å². The second-order valence-electron chi connectivity index (χ2n) is 4.26. The van der Waals surface area contributed by atoms with Gasteiger partial charge in [0.25, 0.3) is 0 Å². The Kier molecular flexibility index (Phi) is 3.57. The second-order valence-corrected chi connectivity index (χ2v) is 4.26. The fraction of sp³-hybridized carbons (Fsp3) is 0.429. The van der Waals surface area contributed by atoms with Crippen molar-refractivity contribution >= 4 is 6.08 Å². The fourth-order valence-corrected chi connectivity index (χ4v) is 2.27. The van der Waals surface area contributed by atoms with Crippen LogP contribution in [0.3, 0.4) is 0 Å². The van der Waals surface area contributed by atoms with Gasteiger partial charge in [0.2, 0.25) is 0 Å². The highest BCUT2D eigenvalue weighted by Crippen LogP contribution is 2.30. The van der Waals surface area contributed by atoms with Crippen molar-refractivity contribution in [2.75, 3.05) is 6.61 Å². The highest BCUT2D eigenvalue weighted by Gasteiger charge is 2.17. The molecule has 0 heterocycles. The van der Waals surface area contributed by atoms with Gasteiger partial charge in [-0.1, -0.05) is 48.4 Å². The van der Waals surface area contributed by atoms with Crippen molar-refractivity contribution in [3.8, 4) is 0 Å². The van der Waals surface area contributed by atoms with E-state index < -0.39 is 0 Å². The minimum atomic E-state index is 0.304. The van der Waals surface area contributed by atoms with E-state index in [1.807, 2.05) is 6.07 Å². The maximum atomic E-state index is 9.30. The Bertz CT molecular complexity index is 326. The van der Waals surface area contributed by atoms with Gasteiger partial charge in [-0.05, 0) is 24.8 Å². The van der Waals surface area contributed by atoms with Gasteiger partial charge in [0, 0.05) is 12.5 Å². The van der Waals surface area contributed by atoms with E-state index in [1.54, 1.807) is 0 Å². The van der Waals surface area contributed by atoms with Crippen LogP contribution in [0.25, 0.3) is 6.08 Å². The van der Waals surface area contributed by atoms with Crippen molar-refractivity contribution in [1.82, 2.24) is 0 Å². The molecule has 0 bridgehead atoms. The van der Waals surface area contributed by atoms with Gasteiger partial charge in [-0.25, -0.2) is 0 Å². The normalized spacial score (nSPS) is 24.3. The number of aliphatic hydroxyl groups is 1. The largest absolute Gasteiger partial charge is 0.396 e. The molecule has 1 N–H and O–H groups in total. The minimum absolute atomic E-state index is 0.304. The Labute approximate surface area is 91.4 Å². The van der Waals surface area contributed by atoms with Gasteiger partial charge in [-0.3, -0.25) is 0 Å². The molecule has 1 heteroatoms. The molecule has 0 amide bonds. The highest BCUT2D eigenvalue weighted by atomic mass is 16.3. The lowest BCUT2D eigenvalue weighted by molar-refractivity contribution is 0.226. The third-order valence-electron chi connectivity index (χ3n) is 3.16. The van der Waals surface area contributed by atoms with Crippen molar-refractivity contribution in [2.45, 2.75) is 25.7 Å². The SMILES string of the molecule is OCC1CCCC/C1=C\c1ccccc1. The van der Waals surface area contributed by atoms with E-state index in [9.17, 15) is 5.11 Å². The summed E-state index contributed by atoms with van der Waals surface area (Å²) in [5, 5.41) is 9.30. The molecular weight excluding hydrogens is 184 g/mol. The minimum Gasteiger partial charge on any atom is -0.396 e. The maximum Gasteiger partial charge on any atom is 0.0496 e. The third-order valence-corrected chi connectivity index (χ3v) is 3.16. The molecule has 1 aromatic rings. The summed E-state index contributed by atoms with van der Waals surface area (Å²) in [6.45, 7) is 0.304. The highest BCUT2D eigenvalue weighted by molar-refractivity contribution is 5.53. The molecule has 1 unspecified atom stereocenters. The number of hydrogen-bond donors (Lipinski definition) is 1. The molecule has 1 aliphatic rings. The first kappa shape index (κ1) is 10.4. The van der Waals surface area contributed by atoms with E-state index in [1.165, 1.54) is 24.0 Å². The first-order chi connectivity index (χ1) is 7.40. The Morgan fingerprint density at radius 2 is 2.00 bits per heavy atom. The number of rotatable bonds is 2. The zero-order valence-corrected chi connectivity index (χ0v) is 9.02. The number of benzene rings is 1. The van der Waals surface area contributed by atoms with Gasteiger partial charge in [-0.2, -0.15) is 0 Å². The number of hydrogen-bond acceptors (Lipinski definition) is 1. The Morgan fingerprint density at radius 3 is 2.73 bits per heavy atom. The molecule has 0 radical (unpaired) electrons. The summed E-state index contributed by atoms with van der Waals surface area (Å²) in [7, 11) is 0. The first-order valence-corrected chi connectivity index (χ1v) is 5.76. The van der Waals surface area contributed by atoms with Crippen molar-refractivity contribution in [3.63, 3.8) is 0 Å². The van der Waals surface area contributed by atoms with Crippen molar-refractivity contribution in [1.29, 1.82) is 0 Å². The van der Waals surface area contributed by atoms with Gasteiger partial charge >= 0.3 is 0 Å².